The molecule has 0 bridgehead atoms. The van der Waals surface area contributed by atoms with Crippen molar-refractivity contribution in [3.8, 4) is 0 Å². The number of amides is 1. The monoisotopic (exact) mass is 281 g/mol. The van der Waals surface area contributed by atoms with Crippen LogP contribution in [0.4, 0.5) is 5.69 Å². The normalized spacial score (nSPS) is 18.6. The van der Waals surface area contributed by atoms with Crippen LogP contribution in [0, 0.1) is 6.92 Å². The molecule has 0 spiro atoms. The fourth-order valence-electron chi connectivity index (χ4n) is 2.21. The highest BCUT2D eigenvalue weighted by atomic mass is 79.9. The second-order valence-electron chi connectivity index (χ2n) is 5.13. The van der Waals surface area contributed by atoms with Crippen molar-refractivity contribution in [3.05, 3.63) is 27.7 Å². The molecular formula is C13H16BrNO. The smallest absolute Gasteiger partial charge is 0.227 e. The van der Waals surface area contributed by atoms with E-state index in [1.54, 1.807) is 4.90 Å². The van der Waals surface area contributed by atoms with E-state index in [2.05, 4.69) is 41.9 Å². The number of anilines is 1. The number of benzene rings is 1. The zero-order chi connectivity index (χ0) is 12.1. The molecule has 0 saturated heterocycles. The molecule has 0 unspecified atom stereocenters. The number of carbonyl (C=O) groups is 1. The van der Waals surface area contributed by atoms with Crippen molar-refractivity contribution in [2.75, 3.05) is 11.9 Å². The van der Waals surface area contributed by atoms with E-state index in [0.717, 1.165) is 15.7 Å². The fraction of sp³-hybridized carbons (Fsp3) is 0.462. The lowest BCUT2D eigenvalue weighted by Crippen LogP contribution is -2.39. The first-order valence-electron chi connectivity index (χ1n) is 5.40. The molecule has 16 heavy (non-hydrogen) atoms. The van der Waals surface area contributed by atoms with Gasteiger partial charge >= 0.3 is 0 Å². The summed E-state index contributed by atoms with van der Waals surface area (Å²) in [6, 6.07) is 4.23. The van der Waals surface area contributed by atoms with E-state index in [-0.39, 0.29) is 11.3 Å². The second-order valence-corrected chi connectivity index (χ2v) is 5.99. The molecule has 3 heteroatoms. The maximum absolute atomic E-state index is 11.9. The van der Waals surface area contributed by atoms with Crippen LogP contribution < -0.4 is 4.90 Å². The summed E-state index contributed by atoms with van der Waals surface area (Å²) < 4.78 is 1.11. The van der Waals surface area contributed by atoms with Gasteiger partial charge < -0.3 is 4.90 Å². The summed E-state index contributed by atoms with van der Waals surface area (Å²) >= 11 is 3.56. The molecule has 0 aromatic heterocycles. The van der Waals surface area contributed by atoms with Gasteiger partial charge in [-0.1, -0.05) is 29.8 Å². The predicted octanol–water partition coefficient (Wildman–Crippen LogP) is 3.40. The fourth-order valence-corrected chi connectivity index (χ4v) is 2.56. The summed E-state index contributed by atoms with van der Waals surface area (Å²) in [6.45, 7) is 6.29. The first kappa shape index (κ1) is 11.6. The van der Waals surface area contributed by atoms with E-state index in [4.69, 9.17) is 0 Å². The van der Waals surface area contributed by atoms with Crippen LogP contribution >= 0.6 is 15.9 Å². The molecule has 1 aliphatic rings. The van der Waals surface area contributed by atoms with Crippen LogP contribution in [-0.2, 0) is 10.2 Å². The Hall–Kier alpha value is -0.830. The number of fused-ring (bicyclic) bond motifs is 1. The molecule has 0 N–H and O–H groups in total. The maximum atomic E-state index is 11.9. The standard InChI is InChI=1S/C13H16BrNO/c1-8-5-11-9(6-10(8)14)13(2,3)7-12(16)15(11)4/h5-6H,7H2,1-4H3. The Balaban J connectivity index is 2.69. The van der Waals surface area contributed by atoms with Crippen LogP contribution in [0.3, 0.4) is 0 Å². The van der Waals surface area contributed by atoms with Gasteiger partial charge in [-0.2, -0.15) is 0 Å². The van der Waals surface area contributed by atoms with Crippen molar-refractivity contribution in [1.82, 2.24) is 0 Å². The van der Waals surface area contributed by atoms with Gasteiger partial charge in [-0.15, -0.1) is 0 Å². The van der Waals surface area contributed by atoms with Gasteiger partial charge in [-0.05, 0) is 30.2 Å². The average molecular weight is 282 g/mol. The molecule has 1 heterocycles. The van der Waals surface area contributed by atoms with Gasteiger partial charge in [-0.25, -0.2) is 0 Å². The van der Waals surface area contributed by atoms with Gasteiger partial charge in [0.15, 0.2) is 0 Å². The molecule has 0 saturated carbocycles. The van der Waals surface area contributed by atoms with E-state index >= 15 is 0 Å². The molecule has 0 radical (unpaired) electrons. The third-order valence-electron chi connectivity index (χ3n) is 3.33. The molecule has 1 aliphatic heterocycles. The van der Waals surface area contributed by atoms with Crippen molar-refractivity contribution >= 4 is 27.5 Å². The first-order valence-corrected chi connectivity index (χ1v) is 6.19. The Labute approximate surface area is 105 Å². The zero-order valence-corrected chi connectivity index (χ0v) is 11.7. The van der Waals surface area contributed by atoms with Gasteiger partial charge in [0.05, 0.1) is 0 Å². The number of halogens is 1. The van der Waals surface area contributed by atoms with E-state index in [9.17, 15) is 4.79 Å². The van der Waals surface area contributed by atoms with Crippen molar-refractivity contribution in [3.63, 3.8) is 0 Å². The van der Waals surface area contributed by atoms with Crippen LogP contribution in [-0.4, -0.2) is 13.0 Å². The van der Waals surface area contributed by atoms with Crippen LogP contribution in [0.15, 0.2) is 16.6 Å². The van der Waals surface area contributed by atoms with E-state index < -0.39 is 0 Å². The zero-order valence-electron chi connectivity index (χ0n) is 10.1. The van der Waals surface area contributed by atoms with Gasteiger partial charge in [0.2, 0.25) is 5.91 Å². The number of hydrogen-bond donors (Lipinski definition) is 0. The Bertz CT molecular complexity index is 465. The van der Waals surface area contributed by atoms with Gasteiger partial charge in [-0.3, -0.25) is 4.79 Å². The van der Waals surface area contributed by atoms with Crippen LogP contribution in [0.2, 0.25) is 0 Å². The summed E-state index contributed by atoms with van der Waals surface area (Å²) in [4.78, 5) is 13.6. The topological polar surface area (TPSA) is 20.3 Å². The minimum atomic E-state index is -0.0743. The first-order chi connectivity index (χ1) is 7.33. The highest BCUT2D eigenvalue weighted by Gasteiger charge is 2.35. The quantitative estimate of drug-likeness (QED) is 0.714. The van der Waals surface area contributed by atoms with Crippen molar-refractivity contribution in [1.29, 1.82) is 0 Å². The molecule has 0 fully saturated rings. The largest absolute Gasteiger partial charge is 0.315 e. The summed E-state index contributed by atoms with van der Waals surface area (Å²) in [5.41, 5.74) is 3.37. The molecule has 2 nitrogen and oxygen atoms in total. The summed E-state index contributed by atoms with van der Waals surface area (Å²) in [5, 5.41) is 0. The summed E-state index contributed by atoms with van der Waals surface area (Å²) in [5.74, 6) is 0.194. The van der Waals surface area contributed by atoms with Crippen LogP contribution in [0.25, 0.3) is 0 Å². The number of aryl methyl sites for hydroxylation is 1. The SMILES string of the molecule is Cc1cc2c(cc1Br)C(C)(C)CC(=O)N2C. The third kappa shape index (κ3) is 1.67. The molecule has 2 rings (SSSR count). The highest BCUT2D eigenvalue weighted by molar-refractivity contribution is 9.10. The second kappa shape index (κ2) is 3.59. The van der Waals surface area contributed by atoms with Crippen molar-refractivity contribution in [2.45, 2.75) is 32.6 Å². The lowest BCUT2D eigenvalue weighted by atomic mass is 9.77. The molecule has 1 aromatic rings. The lowest BCUT2D eigenvalue weighted by molar-refractivity contribution is -0.119. The summed E-state index contributed by atoms with van der Waals surface area (Å²) in [6.07, 6.45) is 0.575. The van der Waals surface area contributed by atoms with E-state index in [0.29, 0.717) is 6.42 Å². The minimum absolute atomic E-state index is 0.0743. The molecule has 0 aliphatic carbocycles. The molecule has 0 atom stereocenters. The van der Waals surface area contributed by atoms with E-state index in [1.807, 2.05) is 14.0 Å². The van der Waals surface area contributed by atoms with E-state index in [1.165, 1.54) is 5.56 Å². The maximum Gasteiger partial charge on any atom is 0.227 e. The third-order valence-corrected chi connectivity index (χ3v) is 4.19. The minimum Gasteiger partial charge on any atom is -0.315 e. The Morgan fingerprint density at radius 3 is 2.62 bits per heavy atom. The van der Waals surface area contributed by atoms with Crippen molar-refractivity contribution < 1.29 is 4.79 Å². The molecule has 1 aromatic carbocycles. The number of hydrogen-bond acceptors (Lipinski definition) is 1. The predicted molar refractivity (Wildman–Crippen MR) is 69.9 cm³/mol. The Morgan fingerprint density at radius 2 is 2.00 bits per heavy atom. The Morgan fingerprint density at radius 1 is 1.38 bits per heavy atom. The van der Waals surface area contributed by atoms with Crippen molar-refractivity contribution in [2.24, 2.45) is 0 Å². The lowest BCUT2D eigenvalue weighted by Gasteiger charge is -2.37. The number of carbonyl (C=O) groups excluding carboxylic acids is 1. The molecular weight excluding hydrogens is 266 g/mol. The van der Waals surface area contributed by atoms with Crippen LogP contribution in [0.1, 0.15) is 31.4 Å². The highest BCUT2D eigenvalue weighted by Crippen LogP contribution is 2.41. The average Bonchev–Trinajstić information content (AvgIpc) is 2.17. The van der Waals surface area contributed by atoms with Gasteiger partial charge in [0.25, 0.3) is 0 Å². The Kier molecular flexibility index (Phi) is 2.61. The van der Waals surface area contributed by atoms with Gasteiger partial charge in [0, 0.05) is 29.0 Å². The molecule has 1 amide bonds. The summed E-state index contributed by atoms with van der Waals surface area (Å²) in [7, 11) is 1.85. The van der Waals surface area contributed by atoms with Gasteiger partial charge in [0.1, 0.15) is 0 Å². The number of rotatable bonds is 0. The number of nitrogens with zero attached hydrogens (tertiary/aromatic N) is 1. The van der Waals surface area contributed by atoms with Crippen LogP contribution in [0.5, 0.6) is 0 Å². The molecule has 86 valence electrons.